The Bertz CT molecular complexity index is 811. The van der Waals surface area contributed by atoms with Gasteiger partial charge in [-0.25, -0.2) is 0 Å². The second-order valence-corrected chi connectivity index (χ2v) is 10.6. The monoisotopic (exact) mass is 464 g/mol. The molecule has 1 saturated carbocycles. The molecule has 0 bridgehead atoms. The van der Waals surface area contributed by atoms with Crippen molar-refractivity contribution in [1.82, 2.24) is 10.2 Å². The van der Waals surface area contributed by atoms with Crippen molar-refractivity contribution in [3.63, 3.8) is 0 Å². The van der Waals surface area contributed by atoms with Crippen LogP contribution < -0.4 is 5.32 Å². The zero-order valence-corrected chi connectivity index (χ0v) is 20.2. The molecule has 1 aliphatic heterocycles. The van der Waals surface area contributed by atoms with Crippen LogP contribution in [0.15, 0.2) is 24.3 Å². The molecule has 178 valence electrons. The Morgan fingerprint density at radius 2 is 1.88 bits per heavy atom. The van der Waals surface area contributed by atoms with Crippen LogP contribution in [0.4, 0.5) is 0 Å². The van der Waals surface area contributed by atoms with E-state index >= 15 is 0 Å². The number of carbonyl (C=O) groups excluding carboxylic acids is 2. The maximum Gasteiger partial charge on any atom is 0.227 e. The summed E-state index contributed by atoms with van der Waals surface area (Å²) in [5.74, 6) is -0.278. The van der Waals surface area contributed by atoms with E-state index in [-0.39, 0.29) is 30.2 Å². The number of rotatable bonds is 6. The van der Waals surface area contributed by atoms with Crippen molar-refractivity contribution < 1.29 is 19.8 Å². The quantitative estimate of drug-likeness (QED) is 0.599. The molecule has 0 spiro atoms. The van der Waals surface area contributed by atoms with Gasteiger partial charge in [0, 0.05) is 36.0 Å². The van der Waals surface area contributed by atoms with E-state index in [1.807, 2.05) is 30.9 Å². The Hall–Kier alpha value is -1.63. The first-order valence-electron chi connectivity index (χ1n) is 11.8. The number of nitrogens with zero attached hydrogens (tertiary/aromatic N) is 1. The molecule has 0 unspecified atom stereocenters. The Kier molecular flexibility index (Phi) is 7.89. The first kappa shape index (κ1) is 25.0. The van der Waals surface area contributed by atoms with Gasteiger partial charge in [-0.3, -0.25) is 9.59 Å². The van der Waals surface area contributed by atoms with Crippen molar-refractivity contribution in [3.8, 4) is 0 Å². The number of nitrogens with one attached hydrogen (secondary N) is 1. The summed E-state index contributed by atoms with van der Waals surface area (Å²) < 4.78 is 0. The lowest BCUT2D eigenvalue weighted by molar-refractivity contribution is -0.158. The van der Waals surface area contributed by atoms with Crippen LogP contribution in [0.5, 0.6) is 0 Å². The Balaban J connectivity index is 1.69. The Morgan fingerprint density at radius 3 is 2.50 bits per heavy atom. The van der Waals surface area contributed by atoms with Crippen LogP contribution in [0.3, 0.4) is 0 Å². The van der Waals surface area contributed by atoms with Gasteiger partial charge in [-0.2, -0.15) is 0 Å². The van der Waals surface area contributed by atoms with E-state index in [9.17, 15) is 19.8 Å². The highest BCUT2D eigenvalue weighted by Crippen LogP contribution is 2.46. The fourth-order valence-corrected chi connectivity index (χ4v) is 5.35. The third-order valence-electron chi connectivity index (χ3n) is 7.30. The van der Waals surface area contributed by atoms with Crippen LogP contribution in [-0.4, -0.2) is 52.2 Å². The van der Waals surface area contributed by atoms with Gasteiger partial charge in [0.1, 0.15) is 0 Å². The summed E-state index contributed by atoms with van der Waals surface area (Å²) in [6, 6.07) is 7.13. The van der Waals surface area contributed by atoms with Crippen molar-refractivity contribution in [1.29, 1.82) is 0 Å². The maximum absolute atomic E-state index is 13.5. The van der Waals surface area contributed by atoms with Crippen molar-refractivity contribution in [2.24, 2.45) is 11.3 Å². The van der Waals surface area contributed by atoms with E-state index in [0.717, 1.165) is 31.2 Å². The third-order valence-corrected chi connectivity index (χ3v) is 7.55. The van der Waals surface area contributed by atoms with Crippen molar-refractivity contribution in [2.75, 3.05) is 13.1 Å². The van der Waals surface area contributed by atoms with Crippen LogP contribution >= 0.6 is 11.6 Å². The number of piperidine rings is 1. The predicted molar refractivity (Wildman–Crippen MR) is 125 cm³/mol. The van der Waals surface area contributed by atoms with E-state index < -0.39 is 17.1 Å². The van der Waals surface area contributed by atoms with Gasteiger partial charge in [-0.15, -0.1) is 0 Å². The molecule has 2 fully saturated rings. The average molecular weight is 465 g/mol. The van der Waals surface area contributed by atoms with Crippen molar-refractivity contribution >= 4 is 23.4 Å². The zero-order chi connectivity index (χ0) is 23.5. The van der Waals surface area contributed by atoms with Crippen molar-refractivity contribution in [2.45, 2.75) is 83.5 Å². The van der Waals surface area contributed by atoms with Gasteiger partial charge in [0.05, 0.1) is 17.6 Å². The molecule has 1 aromatic carbocycles. The van der Waals surface area contributed by atoms with Gasteiger partial charge in [0.15, 0.2) is 0 Å². The highest BCUT2D eigenvalue weighted by Gasteiger charge is 2.50. The van der Waals surface area contributed by atoms with Gasteiger partial charge < -0.3 is 20.4 Å². The Morgan fingerprint density at radius 1 is 1.22 bits per heavy atom. The Labute approximate surface area is 196 Å². The number of amides is 2. The molecule has 2 amide bonds. The topological polar surface area (TPSA) is 89.9 Å². The number of likely N-dealkylation sites (tertiary alicyclic amines) is 1. The summed E-state index contributed by atoms with van der Waals surface area (Å²) in [5.41, 5.74) is -0.769. The molecule has 1 heterocycles. The second-order valence-electron chi connectivity index (χ2n) is 10.2. The number of aliphatic hydroxyl groups excluding tert-OH is 1. The fourth-order valence-electron chi connectivity index (χ4n) is 5.22. The smallest absolute Gasteiger partial charge is 0.227 e. The number of aliphatic hydroxyl groups is 2. The van der Waals surface area contributed by atoms with E-state index in [2.05, 4.69) is 5.32 Å². The predicted octanol–water partition coefficient (Wildman–Crippen LogP) is 3.62. The third kappa shape index (κ3) is 5.46. The molecule has 32 heavy (non-hydrogen) atoms. The van der Waals surface area contributed by atoms with Crippen LogP contribution in [-0.2, 0) is 15.2 Å². The molecule has 3 rings (SSSR count). The maximum atomic E-state index is 13.5. The normalized spacial score (nSPS) is 28.8. The standard InChI is InChI=1S/C25H37ClN2O4/c1-17(29)8-13-22(30)27-21-7-5-4-6-20(21)23(31)28-15-14-25(32,24(2,3)16-28)18-9-11-19(26)12-10-18/h9-12,17,20-21,29,32H,4-8,13-16H2,1-3H3,(H,27,30)/t17-,20+,21-,25+/m1/s1. The summed E-state index contributed by atoms with van der Waals surface area (Å²) in [7, 11) is 0. The molecule has 3 N–H and O–H groups in total. The minimum absolute atomic E-state index is 0.0664. The minimum atomic E-state index is -1.05. The molecular weight excluding hydrogens is 428 g/mol. The molecular formula is C25H37ClN2O4. The van der Waals surface area contributed by atoms with Crippen LogP contribution in [0.25, 0.3) is 0 Å². The van der Waals surface area contributed by atoms with Crippen LogP contribution in [0.2, 0.25) is 5.02 Å². The highest BCUT2D eigenvalue weighted by molar-refractivity contribution is 6.30. The summed E-state index contributed by atoms with van der Waals surface area (Å²) in [6.07, 6.45) is 4.14. The molecule has 1 saturated heterocycles. The first-order chi connectivity index (χ1) is 15.0. The number of hydrogen-bond donors (Lipinski definition) is 3. The van der Waals surface area contributed by atoms with Crippen molar-refractivity contribution in [3.05, 3.63) is 34.9 Å². The van der Waals surface area contributed by atoms with Gasteiger partial charge in [-0.05, 0) is 50.3 Å². The van der Waals surface area contributed by atoms with Gasteiger partial charge >= 0.3 is 0 Å². The molecule has 4 atom stereocenters. The van der Waals surface area contributed by atoms with Crippen LogP contribution in [0, 0.1) is 11.3 Å². The number of benzene rings is 1. The first-order valence-corrected chi connectivity index (χ1v) is 12.2. The molecule has 0 aromatic heterocycles. The lowest BCUT2D eigenvalue weighted by atomic mass is 9.66. The lowest BCUT2D eigenvalue weighted by Gasteiger charge is -2.51. The largest absolute Gasteiger partial charge is 0.393 e. The summed E-state index contributed by atoms with van der Waals surface area (Å²) >= 11 is 6.03. The van der Waals surface area contributed by atoms with Gasteiger partial charge in [0.2, 0.25) is 11.8 Å². The van der Waals surface area contributed by atoms with Crippen LogP contribution in [0.1, 0.15) is 71.3 Å². The average Bonchev–Trinajstić information content (AvgIpc) is 2.74. The molecule has 7 heteroatoms. The number of halogens is 1. The lowest BCUT2D eigenvalue weighted by Crippen LogP contribution is -2.59. The molecule has 2 aliphatic rings. The van der Waals surface area contributed by atoms with Gasteiger partial charge in [-0.1, -0.05) is 50.4 Å². The van der Waals surface area contributed by atoms with E-state index in [1.165, 1.54) is 0 Å². The molecule has 0 radical (unpaired) electrons. The zero-order valence-electron chi connectivity index (χ0n) is 19.4. The molecule has 1 aliphatic carbocycles. The SMILES string of the molecule is C[C@@H](O)CCC(=O)N[C@@H]1CCCC[C@@H]1C(=O)N1CC[C@](O)(c2ccc(Cl)cc2)C(C)(C)C1. The van der Waals surface area contributed by atoms with E-state index in [4.69, 9.17) is 11.6 Å². The fraction of sp³-hybridized carbons (Fsp3) is 0.680. The summed E-state index contributed by atoms with van der Waals surface area (Å²) in [5, 5.41) is 24.7. The number of hydrogen-bond acceptors (Lipinski definition) is 4. The number of carbonyl (C=O) groups is 2. The van der Waals surface area contributed by atoms with E-state index in [1.54, 1.807) is 19.1 Å². The highest BCUT2D eigenvalue weighted by atomic mass is 35.5. The second kappa shape index (κ2) is 10.1. The minimum Gasteiger partial charge on any atom is -0.393 e. The molecule has 1 aromatic rings. The molecule has 6 nitrogen and oxygen atoms in total. The summed E-state index contributed by atoms with van der Waals surface area (Å²) in [6.45, 7) is 6.59. The van der Waals surface area contributed by atoms with E-state index in [0.29, 0.717) is 31.0 Å². The summed E-state index contributed by atoms with van der Waals surface area (Å²) in [4.78, 5) is 27.7. The van der Waals surface area contributed by atoms with Gasteiger partial charge in [0.25, 0.3) is 0 Å².